The summed E-state index contributed by atoms with van der Waals surface area (Å²) in [4.78, 5) is 33.7. The van der Waals surface area contributed by atoms with Crippen molar-refractivity contribution < 1.29 is 24.6 Å². The summed E-state index contributed by atoms with van der Waals surface area (Å²) in [6.45, 7) is 0.838. The van der Waals surface area contributed by atoms with Crippen molar-refractivity contribution in [1.82, 2.24) is 5.32 Å². The first kappa shape index (κ1) is 14.8. The number of aliphatic carboxylic acids is 1. The van der Waals surface area contributed by atoms with E-state index in [0.29, 0.717) is 11.8 Å². The second kappa shape index (κ2) is 6.10. The van der Waals surface area contributed by atoms with Gasteiger partial charge >= 0.3 is 5.97 Å². The van der Waals surface area contributed by atoms with Gasteiger partial charge in [-0.05, 0) is 18.6 Å². The minimum atomic E-state index is -1.71. The van der Waals surface area contributed by atoms with Crippen LogP contribution in [0.3, 0.4) is 0 Å². The van der Waals surface area contributed by atoms with Crippen LogP contribution in [0.4, 0.5) is 0 Å². The molecule has 0 aliphatic heterocycles. The van der Waals surface area contributed by atoms with Gasteiger partial charge in [-0.1, -0.05) is 19.1 Å². The molecule has 1 unspecified atom stereocenters. The number of aliphatic hydroxyl groups excluding tert-OH is 1. The number of carboxylic acids is 1. The third-order valence-electron chi connectivity index (χ3n) is 2.92. The van der Waals surface area contributed by atoms with Crippen molar-refractivity contribution in [2.24, 2.45) is 0 Å². The smallest absolute Gasteiger partial charge is 0.331 e. The molecule has 19 heavy (non-hydrogen) atoms. The maximum atomic E-state index is 11.9. The van der Waals surface area contributed by atoms with E-state index in [9.17, 15) is 19.5 Å². The second-order valence-corrected chi connectivity index (χ2v) is 4.10. The topological polar surface area (TPSA) is 104 Å². The second-order valence-electron chi connectivity index (χ2n) is 4.10. The number of rotatable bonds is 6. The number of hydrogen-bond acceptors (Lipinski definition) is 4. The van der Waals surface area contributed by atoms with Gasteiger partial charge in [0.15, 0.2) is 5.54 Å². The predicted molar refractivity (Wildman–Crippen MR) is 67.0 cm³/mol. The lowest BCUT2D eigenvalue weighted by Gasteiger charge is -2.27. The Bertz CT molecular complexity index is 494. The molecule has 0 saturated heterocycles. The van der Waals surface area contributed by atoms with Crippen molar-refractivity contribution in [2.75, 3.05) is 6.61 Å². The van der Waals surface area contributed by atoms with Crippen LogP contribution in [-0.4, -0.2) is 40.5 Å². The van der Waals surface area contributed by atoms with Gasteiger partial charge in [-0.2, -0.15) is 0 Å². The molecule has 0 radical (unpaired) electrons. The monoisotopic (exact) mass is 265 g/mol. The Hall–Kier alpha value is -2.21. The van der Waals surface area contributed by atoms with Gasteiger partial charge in [0.25, 0.3) is 5.91 Å². The Morgan fingerprint density at radius 1 is 1.42 bits per heavy atom. The zero-order chi connectivity index (χ0) is 14.5. The summed E-state index contributed by atoms with van der Waals surface area (Å²) in [5.41, 5.74) is -1.24. The maximum absolute atomic E-state index is 11.9. The normalized spacial score (nSPS) is 13.4. The van der Waals surface area contributed by atoms with Crippen molar-refractivity contribution >= 4 is 18.2 Å². The van der Waals surface area contributed by atoms with E-state index >= 15 is 0 Å². The molecule has 0 fully saturated rings. The number of carbonyl (C=O) groups excluding carboxylic acids is 2. The molecule has 6 heteroatoms. The van der Waals surface area contributed by atoms with E-state index in [2.05, 4.69) is 5.32 Å². The molecular formula is C13H15NO5. The summed E-state index contributed by atoms with van der Waals surface area (Å²) in [6.07, 6.45) is 0.630. The molecule has 0 spiro atoms. The number of aldehydes is 1. The molecule has 1 amide bonds. The van der Waals surface area contributed by atoms with E-state index in [1.807, 2.05) is 0 Å². The predicted octanol–water partition coefficient (Wildman–Crippen LogP) is 0.455. The fraction of sp³-hybridized carbons (Fsp3) is 0.308. The van der Waals surface area contributed by atoms with Crippen molar-refractivity contribution in [3.63, 3.8) is 0 Å². The molecule has 1 aromatic carbocycles. The van der Waals surface area contributed by atoms with Gasteiger partial charge in [0.1, 0.15) is 6.29 Å². The molecule has 102 valence electrons. The summed E-state index contributed by atoms with van der Waals surface area (Å²) < 4.78 is 0. The summed E-state index contributed by atoms with van der Waals surface area (Å²) in [7, 11) is 0. The third-order valence-corrected chi connectivity index (χ3v) is 2.92. The lowest BCUT2D eigenvalue weighted by atomic mass is 9.96. The number of amides is 1. The number of carbonyl (C=O) groups is 3. The van der Waals surface area contributed by atoms with E-state index in [4.69, 9.17) is 5.11 Å². The highest BCUT2D eigenvalue weighted by molar-refractivity contribution is 5.99. The van der Waals surface area contributed by atoms with Crippen LogP contribution in [-0.2, 0) is 4.79 Å². The van der Waals surface area contributed by atoms with Gasteiger partial charge in [0.2, 0.25) is 0 Å². The van der Waals surface area contributed by atoms with Crippen LogP contribution in [0.1, 0.15) is 34.1 Å². The van der Waals surface area contributed by atoms with Crippen molar-refractivity contribution in [2.45, 2.75) is 18.9 Å². The molecule has 0 bridgehead atoms. The molecule has 1 aromatic rings. The van der Waals surface area contributed by atoms with Crippen molar-refractivity contribution in [1.29, 1.82) is 0 Å². The van der Waals surface area contributed by atoms with Crippen LogP contribution in [0.15, 0.2) is 24.3 Å². The van der Waals surface area contributed by atoms with Gasteiger partial charge in [-0.3, -0.25) is 9.59 Å². The molecule has 1 atom stereocenters. The highest BCUT2D eigenvalue weighted by Gasteiger charge is 2.37. The Morgan fingerprint density at radius 2 is 2.11 bits per heavy atom. The van der Waals surface area contributed by atoms with E-state index in [0.717, 1.165) is 0 Å². The lowest BCUT2D eigenvalue weighted by Crippen LogP contribution is -2.56. The van der Waals surface area contributed by atoms with Crippen molar-refractivity contribution in [3.05, 3.63) is 35.4 Å². The maximum Gasteiger partial charge on any atom is 0.331 e. The highest BCUT2D eigenvalue weighted by Crippen LogP contribution is 2.12. The van der Waals surface area contributed by atoms with Gasteiger partial charge in [0.05, 0.1) is 6.61 Å². The summed E-state index contributed by atoms with van der Waals surface area (Å²) in [6, 6.07) is 5.86. The molecule has 0 aliphatic rings. The van der Waals surface area contributed by atoms with Crippen molar-refractivity contribution in [3.8, 4) is 0 Å². The summed E-state index contributed by atoms with van der Waals surface area (Å²) in [5.74, 6) is -1.96. The van der Waals surface area contributed by atoms with Crippen LogP contribution >= 0.6 is 0 Å². The molecule has 0 saturated carbocycles. The van der Waals surface area contributed by atoms with Crippen LogP contribution < -0.4 is 5.32 Å². The molecule has 0 heterocycles. The van der Waals surface area contributed by atoms with E-state index in [1.165, 1.54) is 24.3 Å². The number of carboxylic acid groups (broad SMARTS) is 1. The summed E-state index contributed by atoms with van der Waals surface area (Å²) >= 11 is 0. The molecular weight excluding hydrogens is 250 g/mol. The Morgan fingerprint density at radius 3 is 2.58 bits per heavy atom. The first-order valence-corrected chi connectivity index (χ1v) is 5.71. The van der Waals surface area contributed by atoms with E-state index < -0.39 is 24.0 Å². The SMILES string of the molecule is CCC(CO)(NC(=O)c1cccc(C=O)c1)C(=O)O. The fourth-order valence-corrected chi connectivity index (χ4v) is 1.55. The number of hydrogen-bond donors (Lipinski definition) is 3. The lowest BCUT2D eigenvalue weighted by molar-refractivity contribution is -0.146. The van der Waals surface area contributed by atoms with Gasteiger partial charge in [-0.25, -0.2) is 4.79 Å². The molecule has 1 rings (SSSR count). The standard InChI is InChI=1S/C13H15NO5/c1-2-13(8-16,12(18)19)14-11(17)10-5-3-4-9(6-10)7-15/h3-7,16H,2,8H2,1H3,(H,14,17)(H,18,19). The average Bonchev–Trinajstić information content (AvgIpc) is 2.44. The molecule has 6 nitrogen and oxygen atoms in total. The van der Waals surface area contributed by atoms with Crippen LogP contribution in [0, 0.1) is 0 Å². The Balaban J connectivity index is 3.00. The number of benzene rings is 1. The Kier molecular flexibility index (Phi) is 4.77. The summed E-state index contributed by atoms with van der Waals surface area (Å²) in [5, 5.41) is 20.6. The zero-order valence-corrected chi connectivity index (χ0v) is 10.4. The molecule has 3 N–H and O–H groups in total. The minimum absolute atomic E-state index is 0.0396. The van der Waals surface area contributed by atoms with Gasteiger partial charge < -0.3 is 15.5 Å². The molecule has 0 aromatic heterocycles. The first-order chi connectivity index (χ1) is 8.99. The first-order valence-electron chi connectivity index (χ1n) is 5.71. The van der Waals surface area contributed by atoms with E-state index in [-0.39, 0.29) is 12.0 Å². The van der Waals surface area contributed by atoms with E-state index in [1.54, 1.807) is 6.92 Å². The highest BCUT2D eigenvalue weighted by atomic mass is 16.4. The van der Waals surface area contributed by atoms with Crippen LogP contribution in [0.25, 0.3) is 0 Å². The Labute approximate surface area is 110 Å². The van der Waals surface area contributed by atoms with Crippen LogP contribution in [0.2, 0.25) is 0 Å². The quantitative estimate of drug-likeness (QED) is 0.648. The number of aliphatic hydroxyl groups is 1. The molecule has 0 aliphatic carbocycles. The van der Waals surface area contributed by atoms with Crippen LogP contribution in [0.5, 0.6) is 0 Å². The van der Waals surface area contributed by atoms with Gasteiger partial charge in [-0.15, -0.1) is 0 Å². The fourth-order valence-electron chi connectivity index (χ4n) is 1.55. The largest absolute Gasteiger partial charge is 0.479 e. The zero-order valence-electron chi connectivity index (χ0n) is 10.4. The average molecular weight is 265 g/mol. The third kappa shape index (κ3) is 3.17. The van der Waals surface area contributed by atoms with Gasteiger partial charge in [0, 0.05) is 11.1 Å². The minimum Gasteiger partial charge on any atom is -0.479 e. The number of nitrogens with one attached hydrogen (secondary N) is 1.